The minimum Gasteiger partial charge on any atom is -0.384 e. The first-order valence-corrected chi connectivity index (χ1v) is 6.21. The van der Waals surface area contributed by atoms with Gasteiger partial charge in [-0.25, -0.2) is 4.68 Å². The standard InChI is InChI=1S/C13H23N3/c1-9-8-13(3,4)6-5-11(9)16-12(14)7-10(2)15-16/h7,9,11H,5-6,8,14H2,1-4H3. The lowest BCUT2D eigenvalue weighted by Crippen LogP contribution is -2.31. The van der Waals surface area contributed by atoms with Crippen molar-refractivity contribution >= 4 is 5.82 Å². The Morgan fingerprint density at radius 1 is 1.50 bits per heavy atom. The van der Waals surface area contributed by atoms with Crippen molar-refractivity contribution in [3.05, 3.63) is 11.8 Å². The van der Waals surface area contributed by atoms with E-state index < -0.39 is 0 Å². The van der Waals surface area contributed by atoms with Crippen LogP contribution in [-0.4, -0.2) is 9.78 Å². The Balaban J connectivity index is 2.20. The third-order valence-corrected chi connectivity index (χ3v) is 3.85. The molecule has 2 N–H and O–H groups in total. The number of aromatic nitrogens is 2. The molecule has 1 heterocycles. The summed E-state index contributed by atoms with van der Waals surface area (Å²) in [6, 6.07) is 2.45. The van der Waals surface area contributed by atoms with Crippen LogP contribution in [0.25, 0.3) is 0 Å². The van der Waals surface area contributed by atoms with Crippen molar-refractivity contribution in [3.63, 3.8) is 0 Å². The number of nitrogens with zero attached hydrogens (tertiary/aromatic N) is 2. The zero-order valence-corrected chi connectivity index (χ0v) is 10.8. The highest BCUT2D eigenvalue weighted by molar-refractivity contribution is 5.31. The van der Waals surface area contributed by atoms with E-state index in [1.807, 2.05) is 17.7 Å². The fourth-order valence-electron chi connectivity index (χ4n) is 3.10. The second kappa shape index (κ2) is 3.79. The van der Waals surface area contributed by atoms with E-state index in [-0.39, 0.29) is 0 Å². The van der Waals surface area contributed by atoms with Crippen molar-refractivity contribution in [1.29, 1.82) is 0 Å². The number of hydrogen-bond acceptors (Lipinski definition) is 2. The molecular weight excluding hydrogens is 198 g/mol. The molecule has 1 saturated carbocycles. The Bertz CT molecular complexity index is 379. The van der Waals surface area contributed by atoms with E-state index in [9.17, 15) is 0 Å². The van der Waals surface area contributed by atoms with Gasteiger partial charge in [-0.1, -0.05) is 20.8 Å². The van der Waals surface area contributed by atoms with Crippen LogP contribution < -0.4 is 5.73 Å². The molecule has 0 bridgehead atoms. The summed E-state index contributed by atoms with van der Waals surface area (Å²) in [6.45, 7) is 9.04. The van der Waals surface area contributed by atoms with Crippen LogP contribution in [0.15, 0.2) is 6.07 Å². The average molecular weight is 221 g/mol. The van der Waals surface area contributed by atoms with Crippen molar-refractivity contribution in [2.75, 3.05) is 5.73 Å². The molecule has 90 valence electrons. The van der Waals surface area contributed by atoms with Crippen molar-refractivity contribution in [2.45, 2.75) is 53.0 Å². The van der Waals surface area contributed by atoms with Gasteiger partial charge in [0.2, 0.25) is 0 Å². The molecule has 3 heteroatoms. The van der Waals surface area contributed by atoms with E-state index in [0.29, 0.717) is 17.4 Å². The second-order valence-electron chi connectivity index (χ2n) is 6.11. The van der Waals surface area contributed by atoms with Crippen LogP contribution in [0.2, 0.25) is 0 Å². The van der Waals surface area contributed by atoms with E-state index in [1.54, 1.807) is 0 Å². The summed E-state index contributed by atoms with van der Waals surface area (Å²) < 4.78 is 2.04. The fourth-order valence-corrected chi connectivity index (χ4v) is 3.10. The number of anilines is 1. The van der Waals surface area contributed by atoms with Gasteiger partial charge >= 0.3 is 0 Å². The molecule has 1 aliphatic carbocycles. The molecule has 2 rings (SSSR count). The molecule has 2 unspecified atom stereocenters. The van der Waals surface area contributed by atoms with Gasteiger partial charge in [-0.3, -0.25) is 0 Å². The molecular formula is C13H23N3. The van der Waals surface area contributed by atoms with Gasteiger partial charge < -0.3 is 5.73 Å². The molecule has 3 nitrogen and oxygen atoms in total. The first-order valence-electron chi connectivity index (χ1n) is 6.21. The largest absolute Gasteiger partial charge is 0.384 e. The lowest BCUT2D eigenvalue weighted by atomic mass is 9.70. The van der Waals surface area contributed by atoms with E-state index in [0.717, 1.165) is 11.5 Å². The lowest BCUT2D eigenvalue weighted by Gasteiger charge is -2.39. The lowest BCUT2D eigenvalue weighted by molar-refractivity contribution is 0.127. The summed E-state index contributed by atoms with van der Waals surface area (Å²) >= 11 is 0. The highest BCUT2D eigenvalue weighted by atomic mass is 15.3. The van der Waals surface area contributed by atoms with Crippen LogP contribution in [0.1, 0.15) is 51.8 Å². The molecule has 1 aromatic rings. The minimum atomic E-state index is 0.479. The maximum absolute atomic E-state index is 6.00. The molecule has 0 spiro atoms. The van der Waals surface area contributed by atoms with E-state index >= 15 is 0 Å². The predicted octanol–water partition coefficient (Wildman–Crippen LogP) is 3.16. The van der Waals surface area contributed by atoms with Crippen molar-refractivity contribution in [3.8, 4) is 0 Å². The highest BCUT2D eigenvalue weighted by Crippen LogP contribution is 2.44. The fraction of sp³-hybridized carbons (Fsp3) is 0.769. The summed E-state index contributed by atoms with van der Waals surface area (Å²) in [5.74, 6) is 1.47. The quantitative estimate of drug-likeness (QED) is 0.791. The van der Waals surface area contributed by atoms with Crippen molar-refractivity contribution in [2.24, 2.45) is 11.3 Å². The second-order valence-corrected chi connectivity index (χ2v) is 6.11. The Hall–Kier alpha value is -0.990. The van der Waals surface area contributed by atoms with Gasteiger partial charge in [0, 0.05) is 6.07 Å². The maximum Gasteiger partial charge on any atom is 0.122 e. The first kappa shape index (κ1) is 11.5. The van der Waals surface area contributed by atoms with Crippen LogP contribution in [0.5, 0.6) is 0 Å². The number of aryl methyl sites for hydroxylation is 1. The summed E-state index contributed by atoms with van der Waals surface area (Å²) in [6.07, 6.45) is 3.72. The van der Waals surface area contributed by atoms with E-state index in [4.69, 9.17) is 5.73 Å². The molecule has 0 saturated heterocycles. The molecule has 0 aromatic carbocycles. The van der Waals surface area contributed by atoms with Gasteiger partial charge in [0.1, 0.15) is 5.82 Å². The zero-order valence-electron chi connectivity index (χ0n) is 10.8. The molecule has 0 aliphatic heterocycles. The Labute approximate surface area is 98.0 Å². The number of hydrogen-bond donors (Lipinski definition) is 1. The topological polar surface area (TPSA) is 43.8 Å². The third kappa shape index (κ3) is 2.08. The van der Waals surface area contributed by atoms with Gasteiger partial charge in [0.05, 0.1) is 11.7 Å². The van der Waals surface area contributed by atoms with E-state index in [2.05, 4.69) is 25.9 Å². The SMILES string of the molecule is Cc1cc(N)n(C2CCC(C)(C)CC2C)n1. The Kier molecular flexibility index (Phi) is 2.72. The van der Waals surface area contributed by atoms with Gasteiger partial charge in [0.25, 0.3) is 0 Å². The molecule has 1 fully saturated rings. The first-order chi connectivity index (χ1) is 7.39. The smallest absolute Gasteiger partial charge is 0.122 e. The van der Waals surface area contributed by atoms with Crippen LogP contribution in [-0.2, 0) is 0 Å². The normalized spacial score (nSPS) is 29.2. The summed E-state index contributed by atoms with van der Waals surface area (Å²) in [5.41, 5.74) is 7.50. The minimum absolute atomic E-state index is 0.479. The third-order valence-electron chi connectivity index (χ3n) is 3.85. The van der Waals surface area contributed by atoms with Crippen LogP contribution in [0, 0.1) is 18.3 Å². The average Bonchev–Trinajstić information content (AvgIpc) is 2.43. The van der Waals surface area contributed by atoms with Gasteiger partial charge in [-0.15, -0.1) is 0 Å². The Morgan fingerprint density at radius 2 is 2.19 bits per heavy atom. The molecule has 1 aliphatic rings. The molecule has 16 heavy (non-hydrogen) atoms. The van der Waals surface area contributed by atoms with Gasteiger partial charge in [-0.05, 0) is 37.5 Å². The number of nitrogens with two attached hydrogens (primary N) is 1. The highest BCUT2D eigenvalue weighted by Gasteiger charge is 2.34. The zero-order chi connectivity index (χ0) is 11.9. The summed E-state index contributed by atoms with van der Waals surface area (Å²) in [7, 11) is 0. The van der Waals surface area contributed by atoms with Crippen LogP contribution in [0.3, 0.4) is 0 Å². The van der Waals surface area contributed by atoms with Gasteiger partial charge in [-0.2, -0.15) is 5.10 Å². The molecule has 1 aromatic heterocycles. The predicted molar refractivity (Wildman–Crippen MR) is 67.2 cm³/mol. The van der Waals surface area contributed by atoms with E-state index in [1.165, 1.54) is 19.3 Å². The molecule has 0 radical (unpaired) electrons. The van der Waals surface area contributed by atoms with Crippen molar-refractivity contribution < 1.29 is 0 Å². The number of rotatable bonds is 1. The van der Waals surface area contributed by atoms with Gasteiger partial charge in [0.15, 0.2) is 0 Å². The molecule has 2 atom stereocenters. The molecule has 0 amide bonds. The van der Waals surface area contributed by atoms with Crippen LogP contribution >= 0.6 is 0 Å². The monoisotopic (exact) mass is 221 g/mol. The number of nitrogen functional groups attached to an aromatic ring is 1. The van der Waals surface area contributed by atoms with Crippen molar-refractivity contribution in [1.82, 2.24) is 9.78 Å². The summed E-state index contributed by atoms with van der Waals surface area (Å²) in [4.78, 5) is 0. The maximum atomic E-state index is 6.00. The summed E-state index contributed by atoms with van der Waals surface area (Å²) in [5, 5.41) is 4.52. The Morgan fingerprint density at radius 3 is 2.69 bits per heavy atom. The van der Waals surface area contributed by atoms with Crippen LogP contribution in [0.4, 0.5) is 5.82 Å².